The maximum absolute atomic E-state index is 4.48. The molecule has 0 aliphatic heterocycles. The lowest BCUT2D eigenvalue weighted by molar-refractivity contribution is 0.471. The number of halogens is 1. The molecule has 0 saturated heterocycles. The van der Waals surface area contributed by atoms with Crippen LogP contribution in [0.3, 0.4) is 0 Å². The molecule has 0 spiro atoms. The summed E-state index contributed by atoms with van der Waals surface area (Å²) in [4.78, 5) is 12.1. The van der Waals surface area contributed by atoms with Crippen LogP contribution < -0.4 is 5.32 Å². The highest BCUT2D eigenvalue weighted by atomic mass is 79.9. The van der Waals surface area contributed by atoms with Crippen LogP contribution in [-0.2, 0) is 13.1 Å². The Morgan fingerprint density at radius 2 is 2.30 bits per heavy atom. The average Bonchev–Trinajstić information content (AvgIpc) is 2.99. The van der Waals surface area contributed by atoms with E-state index in [-0.39, 0.29) is 0 Å². The van der Waals surface area contributed by atoms with Gasteiger partial charge >= 0.3 is 0 Å². The zero-order valence-electron chi connectivity index (χ0n) is 11.7. The van der Waals surface area contributed by atoms with Crippen molar-refractivity contribution >= 4 is 44.6 Å². The third-order valence-electron chi connectivity index (χ3n) is 2.69. The Morgan fingerprint density at radius 3 is 2.85 bits per heavy atom. The average molecular weight is 373 g/mol. The number of guanidine groups is 1. The fourth-order valence-corrected chi connectivity index (χ4v) is 3.82. The summed E-state index contributed by atoms with van der Waals surface area (Å²) in [5.74, 6) is 0.875. The number of hydrogen-bond donors (Lipinski definition) is 1. The summed E-state index contributed by atoms with van der Waals surface area (Å²) in [6, 6.07) is 4.17. The minimum Gasteiger partial charge on any atom is -0.351 e. The third kappa shape index (κ3) is 4.29. The molecule has 7 heteroatoms. The van der Waals surface area contributed by atoms with E-state index in [9.17, 15) is 0 Å². The largest absolute Gasteiger partial charge is 0.351 e. The predicted octanol–water partition coefficient (Wildman–Crippen LogP) is 3.48. The molecule has 2 rings (SSSR count). The lowest BCUT2D eigenvalue weighted by Gasteiger charge is -2.20. The number of nitrogens with zero attached hydrogens (tertiary/aromatic N) is 3. The van der Waals surface area contributed by atoms with Crippen LogP contribution in [0.5, 0.6) is 0 Å². The summed E-state index contributed by atoms with van der Waals surface area (Å²) in [5, 5.41) is 6.56. The first-order valence-electron chi connectivity index (χ1n) is 6.15. The smallest absolute Gasteiger partial charge is 0.194 e. The van der Waals surface area contributed by atoms with E-state index in [1.54, 1.807) is 29.7 Å². The molecule has 0 aromatic carbocycles. The molecule has 0 saturated carbocycles. The molecule has 2 aromatic rings. The molecule has 2 aromatic heterocycles. The molecule has 1 N–H and O–H groups in total. The van der Waals surface area contributed by atoms with E-state index in [4.69, 9.17) is 0 Å². The van der Waals surface area contributed by atoms with Gasteiger partial charge in [-0.05, 0) is 35.0 Å². The van der Waals surface area contributed by atoms with E-state index in [0.29, 0.717) is 0 Å². The molecule has 0 radical (unpaired) electrons. The van der Waals surface area contributed by atoms with Crippen LogP contribution in [0.15, 0.2) is 26.3 Å². The minimum atomic E-state index is 0.762. The maximum Gasteiger partial charge on any atom is 0.194 e. The number of thiophene rings is 1. The van der Waals surface area contributed by atoms with E-state index in [1.165, 1.54) is 4.88 Å². The monoisotopic (exact) mass is 372 g/mol. The number of hydrogen-bond acceptors (Lipinski definition) is 4. The van der Waals surface area contributed by atoms with Crippen molar-refractivity contribution in [3.63, 3.8) is 0 Å². The fourth-order valence-electron chi connectivity index (χ4n) is 1.80. The van der Waals surface area contributed by atoms with Crippen LogP contribution in [0.1, 0.15) is 15.6 Å². The van der Waals surface area contributed by atoms with Crippen LogP contribution in [0, 0.1) is 6.92 Å². The minimum absolute atomic E-state index is 0.762. The molecule has 0 amide bonds. The summed E-state index contributed by atoms with van der Waals surface area (Å²) < 4.78 is 1.15. The van der Waals surface area contributed by atoms with E-state index in [1.807, 2.05) is 14.0 Å². The van der Waals surface area contributed by atoms with Gasteiger partial charge in [0, 0.05) is 24.4 Å². The Morgan fingerprint density at radius 1 is 1.50 bits per heavy atom. The standard InChI is InChI=1S/C13H17BrN4S2/c1-9-17-10(8-19-9)7-18(3)13(15-2)16-6-11-4-5-12(14)20-11/h4-5,8H,6-7H2,1-3H3,(H,15,16). The topological polar surface area (TPSA) is 40.5 Å². The van der Waals surface area contributed by atoms with Crippen molar-refractivity contribution in [3.05, 3.63) is 36.9 Å². The molecule has 0 aliphatic rings. The Bertz CT molecular complexity index is 591. The molecule has 108 valence electrons. The summed E-state index contributed by atoms with van der Waals surface area (Å²) in [7, 11) is 3.82. The van der Waals surface area contributed by atoms with Gasteiger partial charge in [0.1, 0.15) is 0 Å². The fraction of sp³-hybridized carbons (Fsp3) is 0.385. The number of nitrogens with one attached hydrogen (secondary N) is 1. The van der Waals surface area contributed by atoms with Crippen molar-refractivity contribution in [2.75, 3.05) is 14.1 Å². The molecule has 2 heterocycles. The van der Waals surface area contributed by atoms with E-state index in [0.717, 1.165) is 33.5 Å². The summed E-state index contributed by atoms with van der Waals surface area (Å²) in [6.45, 7) is 3.57. The van der Waals surface area contributed by atoms with Gasteiger partial charge in [-0.15, -0.1) is 22.7 Å². The highest BCUT2D eigenvalue weighted by Crippen LogP contribution is 2.21. The zero-order valence-corrected chi connectivity index (χ0v) is 14.9. The summed E-state index contributed by atoms with van der Waals surface area (Å²) >= 11 is 6.88. The first kappa shape index (κ1) is 15.5. The Balaban J connectivity index is 1.90. The first-order chi connectivity index (χ1) is 9.58. The molecular weight excluding hydrogens is 356 g/mol. The highest BCUT2D eigenvalue weighted by molar-refractivity contribution is 9.11. The van der Waals surface area contributed by atoms with Gasteiger partial charge < -0.3 is 10.2 Å². The highest BCUT2D eigenvalue weighted by Gasteiger charge is 2.09. The third-order valence-corrected chi connectivity index (χ3v) is 5.13. The van der Waals surface area contributed by atoms with Crippen LogP contribution in [0.25, 0.3) is 0 Å². The molecule has 0 aliphatic carbocycles. The lowest BCUT2D eigenvalue weighted by Crippen LogP contribution is -2.37. The number of aryl methyl sites for hydroxylation is 1. The van der Waals surface area contributed by atoms with Crippen molar-refractivity contribution in [3.8, 4) is 0 Å². The number of aromatic nitrogens is 1. The number of aliphatic imine (C=N–C) groups is 1. The SMILES string of the molecule is CN=C(NCc1ccc(Br)s1)N(C)Cc1csc(C)n1. The van der Waals surface area contributed by atoms with Crippen molar-refractivity contribution < 1.29 is 0 Å². The molecule has 0 unspecified atom stereocenters. The van der Waals surface area contributed by atoms with Gasteiger partial charge in [-0.1, -0.05) is 0 Å². The Kier molecular flexibility index (Phi) is 5.56. The number of rotatable bonds is 4. The van der Waals surface area contributed by atoms with E-state index >= 15 is 0 Å². The lowest BCUT2D eigenvalue weighted by atomic mass is 10.4. The zero-order chi connectivity index (χ0) is 14.5. The molecule has 0 atom stereocenters. The normalized spacial score (nSPS) is 11.7. The first-order valence-corrected chi connectivity index (χ1v) is 8.64. The Labute approximate surface area is 135 Å². The second kappa shape index (κ2) is 7.19. The van der Waals surface area contributed by atoms with Crippen LogP contribution in [0.2, 0.25) is 0 Å². The molecule has 20 heavy (non-hydrogen) atoms. The van der Waals surface area contributed by atoms with E-state index < -0.39 is 0 Å². The maximum atomic E-state index is 4.48. The van der Waals surface area contributed by atoms with Gasteiger partial charge in [-0.3, -0.25) is 4.99 Å². The molecule has 0 fully saturated rings. The molecule has 4 nitrogen and oxygen atoms in total. The van der Waals surface area contributed by atoms with E-state index in [2.05, 4.69) is 53.6 Å². The van der Waals surface area contributed by atoms with Crippen molar-refractivity contribution in [2.24, 2.45) is 4.99 Å². The second-order valence-electron chi connectivity index (χ2n) is 4.32. The van der Waals surface area contributed by atoms with Crippen LogP contribution in [0.4, 0.5) is 0 Å². The Hall–Kier alpha value is -0.920. The summed E-state index contributed by atoms with van der Waals surface area (Å²) in [5.41, 5.74) is 1.08. The van der Waals surface area contributed by atoms with Gasteiger partial charge in [-0.25, -0.2) is 4.98 Å². The van der Waals surface area contributed by atoms with Gasteiger partial charge in [-0.2, -0.15) is 0 Å². The van der Waals surface area contributed by atoms with Gasteiger partial charge in [0.25, 0.3) is 0 Å². The second-order valence-corrected chi connectivity index (χ2v) is 7.93. The molecular formula is C13H17BrN4S2. The number of thiazole rings is 1. The predicted molar refractivity (Wildman–Crippen MR) is 90.5 cm³/mol. The van der Waals surface area contributed by atoms with Crippen molar-refractivity contribution in [1.82, 2.24) is 15.2 Å². The molecule has 0 bridgehead atoms. The van der Waals surface area contributed by atoms with Gasteiger partial charge in [0.05, 0.1) is 27.6 Å². The van der Waals surface area contributed by atoms with Gasteiger partial charge in [0.2, 0.25) is 0 Å². The van der Waals surface area contributed by atoms with Crippen LogP contribution in [-0.4, -0.2) is 29.9 Å². The van der Waals surface area contributed by atoms with Gasteiger partial charge in [0.15, 0.2) is 5.96 Å². The summed E-state index contributed by atoms with van der Waals surface area (Å²) in [6.07, 6.45) is 0. The quantitative estimate of drug-likeness (QED) is 0.659. The van der Waals surface area contributed by atoms with Crippen molar-refractivity contribution in [1.29, 1.82) is 0 Å². The van der Waals surface area contributed by atoms with Crippen molar-refractivity contribution in [2.45, 2.75) is 20.0 Å². The van der Waals surface area contributed by atoms with Crippen LogP contribution >= 0.6 is 38.6 Å².